The molecular formula is C24H34N4O5. The number of pyridine rings is 1. The Morgan fingerprint density at radius 2 is 1.88 bits per heavy atom. The van der Waals surface area contributed by atoms with Crippen molar-refractivity contribution in [1.29, 1.82) is 0 Å². The first kappa shape index (κ1) is 25.9. The average Bonchev–Trinajstić information content (AvgIpc) is 2.77. The second kappa shape index (κ2) is 12.0. The predicted molar refractivity (Wildman–Crippen MR) is 130 cm³/mol. The molecule has 9 heteroatoms. The first-order valence-electron chi connectivity index (χ1n) is 11.3. The van der Waals surface area contributed by atoms with E-state index in [1.54, 1.807) is 44.1 Å². The fourth-order valence-corrected chi connectivity index (χ4v) is 3.70. The maximum absolute atomic E-state index is 12.5. The number of rotatable bonds is 12. The zero-order chi connectivity index (χ0) is 24.5. The van der Waals surface area contributed by atoms with E-state index in [-0.39, 0.29) is 24.7 Å². The molecule has 0 atom stereocenters. The third kappa shape index (κ3) is 6.34. The number of carbonyl (C=O) groups excluding carboxylic acids is 1. The van der Waals surface area contributed by atoms with Crippen LogP contribution in [0.15, 0.2) is 24.3 Å². The number of hydrogen-bond donors (Lipinski definition) is 0. The summed E-state index contributed by atoms with van der Waals surface area (Å²) in [5.41, 5.74) is 2.40. The van der Waals surface area contributed by atoms with Gasteiger partial charge in [0.1, 0.15) is 18.0 Å². The summed E-state index contributed by atoms with van der Waals surface area (Å²) in [6.45, 7) is 10.7. The highest BCUT2D eigenvalue weighted by molar-refractivity contribution is 5.86. The molecule has 0 amide bonds. The van der Waals surface area contributed by atoms with Crippen LogP contribution in [0.5, 0.6) is 5.75 Å². The quantitative estimate of drug-likeness (QED) is 0.250. The van der Waals surface area contributed by atoms with E-state index in [4.69, 9.17) is 9.47 Å². The molecule has 0 aliphatic rings. The zero-order valence-electron chi connectivity index (χ0n) is 20.4. The van der Waals surface area contributed by atoms with E-state index in [9.17, 15) is 14.9 Å². The van der Waals surface area contributed by atoms with Crippen LogP contribution >= 0.6 is 0 Å². The van der Waals surface area contributed by atoms with Crippen molar-refractivity contribution in [1.82, 2.24) is 4.98 Å². The Morgan fingerprint density at radius 1 is 1.15 bits per heavy atom. The maximum atomic E-state index is 12.5. The lowest BCUT2D eigenvalue weighted by Gasteiger charge is -2.28. The number of carbonyl (C=O) groups is 1. The Kier molecular flexibility index (Phi) is 9.44. The average molecular weight is 459 g/mol. The molecule has 9 nitrogen and oxygen atoms in total. The normalized spacial score (nSPS) is 10.6. The summed E-state index contributed by atoms with van der Waals surface area (Å²) in [6.07, 6.45) is 1.88. The van der Waals surface area contributed by atoms with Crippen LogP contribution in [-0.4, -0.2) is 49.2 Å². The molecule has 0 N–H and O–H groups in total. The van der Waals surface area contributed by atoms with E-state index >= 15 is 0 Å². The van der Waals surface area contributed by atoms with Gasteiger partial charge in [-0.05, 0) is 63.9 Å². The summed E-state index contributed by atoms with van der Waals surface area (Å²) in [4.78, 5) is 32.6. The second-order valence-electron chi connectivity index (χ2n) is 7.69. The molecule has 180 valence electrons. The molecule has 0 unspecified atom stereocenters. The van der Waals surface area contributed by atoms with E-state index in [2.05, 4.69) is 11.9 Å². The van der Waals surface area contributed by atoms with Gasteiger partial charge in [-0.25, -0.2) is 4.98 Å². The molecule has 0 aliphatic heterocycles. The molecule has 0 saturated heterocycles. The van der Waals surface area contributed by atoms with Crippen LogP contribution in [0.2, 0.25) is 0 Å². The summed E-state index contributed by atoms with van der Waals surface area (Å²) in [5.74, 6) is 0.271. The minimum absolute atomic E-state index is 0.117. The first-order chi connectivity index (χ1) is 15.8. The van der Waals surface area contributed by atoms with Gasteiger partial charge in [-0.2, -0.15) is 0 Å². The van der Waals surface area contributed by atoms with Crippen LogP contribution in [0.3, 0.4) is 0 Å². The lowest BCUT2D eigenvalue weighted by molar-refractivity contribution is -0.383. The van der Waals surface area contributed by atoms with E-state index in [1.807, 2.05) is 24.8 Å². The van der Waals surface area contributed by atoms with Crippen molar-refractivity contribution in [3.63, 3.8) is 0 Å². The largest absolute Gasteiger partial charge is 0.497 e. The van der Waals surface area contributed by atoms with Gasteiger partial charge >= 0.3 is 11.7 Å². The number of benzene rings is 1. The SMILES string of the molecule is CCCCN(CC)c1cc(C)nc(N(CC(=O)OCC)c2ccc(OC)cc2C)c1[N+](=O)[O-]. The fourth-order valence-electron chi connectivity index (χ4n) is 3.70. The summed E-state index contributed by atoms with van der Waals surface area (Å²) in [5, 5.41) is 12.4. The molecule has 2 rings (SSSR count). The Morgan fingerprint density at radius 3 is 2.42 bits per heavy atom. The number of aryl methyl sites for hydroxylation is 2. The summed E-state index contributed by atoms with van der Waals surface area (Å²) in [7, 11) is 1.57. The number of anilines is 3. The summed E-state index contributed by atoms with van der Waals surface area (Å²) < 4.78 is 10.5. The molecule has 1 aromatic heterocycles. The van der Waals surface area contributed by atoms with Crippen molar-refractivity contribution in [3.8, 4) is 5.75 Å². The van der Waals surface area contributed by atoms with E-state index in [1.165, 1.54) is 0 Å². The summed E-state index contributed by atoms with van der Waals surface area (Å²) in [6, 6.07) is 7.08. The highest BCUT2D eigenvalue weighted by Gasteiger charge is 2.31. The monoisotopic (exact) mass is 458 g/mol. The molecule has 0 fully saturated rings. The zero-order valence-corrected chi connectivity index (χ0v) is 20.4. The minimum atomic E-state index is -0.495. The third-order valence-electron chi connectivity index (χ3n) is 5.31. The number of unbranched alkanes of at least 4 members (excludes halogenated alkanes) is 1. The van der Waals surface area contributed by atoms with Gasteiger partial charge in [0.15, 0.2) is 0 Å². The number of aromatic nitrogens is 1. The molecule has 33 heavy (non-hydrogen) atoms. The Balaban J connectivity index is 2.76. The fraction of sp³-hybridized carbons (Fsp3) is 0.500. The molecular weight excluding hydrogens is 424 g/mol. The number of methoxy groups -OCH3 is 1. The Bertz CT molecular complexity index is 980. The van der Waals surface area contributed by atoms with E-state index < -0.39 is 10.9 Å². The topological polar surface area (TPSA) is 98.0 Å². The lowest BCUT2D eigenvalue weighted by Crippen LogP contribution is -2.30. The number of ether oxygens (including phenoxy) is 2. The van der Waals surface area contributed by atoms with Crippen LogP contribution < -0.4 is 14.5 Å². The lowest BCUT2D eigenvalue weighted by atomic mass is 10.1. The highest BCUT2D eigenvalue weighted by atomic mass is 16.6. The van der Waals surface area contributed by atoms with Crippen LogP contribution in [0.1, 0.15) is 44.9 Å². The van der Waals surface area contributed by atoms with Crippen molar-refractivity contribution >= 4 is 28.8 Å². The van der Waals surface area contributed by atoms with Gasteiger partial charge in [-0.15, -0.1) is 0 Å². The van der Waals surface area contributed by atoms with E-state index in [0.717, 1.165) is 18.4 Å². The predicted octanol–water partition coefficient (Wildman–Crippen LogP) is 4.94. The molecule has 0 bridgehead atoms. The van der Waals surface area contributed by atoms with Crippen molar-refractivity contribution < 1.29 is 19.2 Å². The van der Waals surface area contributed by atoms with Crippen molar-refractivity contribution in [2.45, 2.75) is 47.5 Å². The molecule has 0 saturated carbocycles. The van der Waals surface area contributed by atoms with E-state index in [0.29, 0.717) is 35.9 Å². The molecule has 0 radical (unpaired) electrons. The van der Waals surface area contributed by atoms with Crippen LogP contribution in [0, 0.1) is 24.0 Å². The Labute approximate surface area is 195 Å². The molecule has 0 spiro atoms. The molecule has 0 aliphatic carbocycles. The van der Waals surface area contributed by atoms with Crippen LogP contribution in [0.25, 0.3) is 0 Å². The van der Waals surface area contributed by atoms with Crippen LogP contribution in [-0.2, 0) is 9.53 Å². The van der Waals surface area contributed by atoms with Gasteiger partial charge in [-0.1, -0.05) is 13.3 Å². The standard InChI is InChI=1S/C24H34N4O5/c1-7-10-13-26(8-2)21-15-18(5)25-24(23(21)28(30)31)27(16-22(29)33-9-3)20-12-11-19(32-6)14-17(20)4/h11-12,14-15H,7-10,13,16H2,1-6H3. The molecule has 1 aromatic carbocycles. The molecule has 1 heterocycles. The van der Waals surface area contributed by atoms with Gasteiger partial charge in [-0.3, -0.25) is 14.9 Å². The van der Waals surface area contributed by atoms with Gasteiger partial charge in [0.25, 0.3) is 0 Å². The van der Waals surface area contributed by atoms with Gasteiger partial charge in [0.2, 0.25) is 5.82 Å². The van der Waals surface area contributed by atoms with Crippen LogP contribution in [0.4, 0.5) is 22.9 Å². The Hall–Kier alpha value is -3.36. The minimum Gasteiger partial charge on any atom is -0.497 e. The van der Waals surface area contributed by atoms with Gasteiger partial charge in [0, 0.05) is 24.5 Å². The highest BCUT2D eigenvalue weighted by Crippen LogP contribution is 2.41. The number of nitrogens with zero attached hydrogens (tertiary/aromatic N) is 4. The maximum Gasteiger partial charge on any atom is 0.335 e. The summed E-state index contributed by atoms with van der Waals surface area (Å²) >= 11 is 0. The first-order valence-corrected chi connectivity index (χ1v) is 11.3. The number of hydrogen-bond acceptors (Lipinski definition) is 8. The van der Waals surface area contributed by atoms with Gasteiger partial charge in [0.05, 0.1) is 18.6 Å². The van der Waals surface area contributed by atoms with Crippen molar-refractivity contribution in [2.24, 2.45) is 0 Å². The third-order valence-corrected chi connectivity index (χ3v) is 5.31. The smallest absolute Gasteiger partial charge is 0.335 e. The van der Waals surface area contributed by atoms with Crippen molar-refractivity contribution in [2.75, 3.05) is 43.2 Å². The number of nitro groups is 1. The molecule has 2 aromatic rings. The van der Waals surface area contributed by atoms with Crippen molar-refractivity contribution in [3.05, 3.63) is 45.6 Å². The second-order valence-corrected chi connectivity index (χ2v) is 7.69. The van der Waals surface area contributed by atoms with Gasteiger partial charge < -0.3 is 19.3 Å². The number of esters is 1.